The summed E-state index contributed by atoms with van der Waals surface area (Å²) in [6.07, 6.45) is 4.65. The van der Waals surface area contributed by atoms with E-state index in [2.05, 4.69) is 34.7 Å². The highest BCUT2D eigenvalue weighted by molar-refractivity contribution is 6.30. The number of likely N-dealkylation sites (N-methyl/N-ethyl adjacent to an activating group) is 1. The number of nitrogens with one attached hydrogen (secondary N) is 2. The molecule has 3 aromatic carbocycles. The second-order valence-corrected chi connectivity index (χ2v) is 12.9. The van der Waals surface area contributed by atoms with Crippen molar-refractivity contribution in [2.45, 2.75) is 64.1 Å². The first-order chi connectivity index (χ1) is 21.7. The summed E-state index contributed by atoms with van der Waals surface area (Å²) in [5.74, 6) is 1.93. The summed E-state index contributed by atoms with van der Waals surface area (Å²) in [7, 11) is 5.42. The van der Waals surface area contributed by atoms with Crippen molar-refractivity contribution in [3.05, 3.63) is 82.4 Å². The molecule has 1 heterocycles. The number of fused-ring (bicyclic) bond motifs is 1. The quantitative estimate of drug-likeness (QED) is 0.264. The molecule has 1 aliphatic carbocycles. The number of hydrogen-bond donors (Lipinski definition) is 2. The molecule has 1 saturated carbocycles. The maximum absolute atomic E-state index is 13.9. The first kappa shape index (κ1) is 32.6. The molecule has 2 N–H and O–H groups in total. The number of amides is 2. The summed E-state index contributed by atoms with van der Waals surface area (Å²) >= 11 is 6.27. The molecule has 8 nitrogen and oxygen atoms in total. The second-order valence-electron chi connectivity index (χ2n) is 12.4. The van der Waals surface area contributed by atoms with Crippen molar-refractivity contribution in [3.8, 4) is 11.5 Å². The van der Waals surface area contributed by atoms with Crippen LogP contribution in [-0.4, -0.2) is 58.3 Å². The lowest BCUT2D eigenvalue weighted by Crippen LogP contribution is -2.41. The van der Waals surface area contributed by atoms with Gasteiger partial charge in [-0.25, -0.2) is 0 Å². The summed E-state index contributed by atoms with van der Waals surface area (Å²) in [5.41, 5.74) is 4.86. The predicted octanol–water partition coefficient (Wildman–Crippen LogP) is 6.15. The molecule has 240 valence electrons. The zero-order valence-corrected chi connectivity index (χ0v) is 27.7. The van der Waals surface area contributed by atoms with Crippen LogP contribution in [0.4, 0.5) is 11.4 Å². The number of hydrogen-bond acceptors (Lipinski definition) is 6. The van der Waals surface area contributed by atoms with Gasteiger partial charge in [0.1, 0.15) is 0 Å². The Kier molecular flexibility index (Phi) is 10.6. The summed E-state index contributed by atoms with van der Waals surface area (Å²) in [6, 6.07) is 20.0. The van der Waals surface area contributed by atoms with Gasteiger partial charge in [0.15, 0.2) is 11.5 Å². The molecule has 5 rings (SSSR count). The molecule has 0 unspecified atom stereocenters. The highest BCUT2D eigenvalue weighted by Crippen LogP contribution is 2.44. The van der Waals surface area contributed by atoms with Gasteiger partial charge in [-0.3, -0.25) is 9.59 Å². The number of carbonyl (C=O) groups is 2. The van der Waals surface area contributed by atoms with E-state index >= 15 is 0 Å². The van der Waals surface area contributed by atoms with Crippen molar-refractivity contribution in [1.82, 2.24) is 10.6 Å². The van der Waals surface area contributed by atoms with Crippen LogP contribution >= 0.6 is 11.6 Å². The second kappa shape index (κ2) is 14.6. The molecule has 0 bridgehead atoms. The highest BCUT2D eigenvalue weighted by atomic mass is 35.5. The molecule has 3 aromatic rings. The first-order valence-corrected chi connectivity index (χ1v) is 16.2. The molecule has 9 heteroatoms. The van der Waals surface area contributed by atoms with Gasteiger partial charge in [0.05, 0.1) is 32.2 Å². The molecular weight excluding hydrogens is 588 g/mol. The van der Waals surface area contributed by atoms with E-state index in [-0.39, 0.29) is 30.4 Å². The van der Waals surface area contributed by atoms with Gasteiger partial charge < -0.3 is 29.9 Å². The lowest BCUT2D eigenvalue weighted by molar-refractivity contribution is -0.120. The number of rotatable bonds is 11. The zero-order chi connectivity index (χ0) is 32.1. The van der Waals surface area contributed by atoms with Gasteiger partial charge in [-0.2, -0.15) is 0 Å². The van der Waals surface area contributed by atoms with E-state index < -0.39 is 0 Å². The van der Waals surface area contributed by atoms with Crippen LogP contribution in [0.1, 0.15) is 62.3 Å². The van der Waals surface area contributed by atoms with Gasteiger partial charge in [0.2, 0.25) is 11.8 Å². The number of ether oxygens (including phenoxy) is 2. The maximum Gasteiger partial charge on any atom is 0.233 e. The van der Waals surface area contributed by atoms with Crippen molar-refractivity contribution in [1.29, 1.82) is 0 Å². The molecule has 0 saturated heterocycles. The Bertz CT molecular complexity index is 1470. The van der Waals surface area contributed by atoms with Gasteiger partial charge in [0.25, 0.3) is 0 Å². The minimum atomic E-state index is -0.352. The normalized spacial score (nSPS) is 19.7. The van der Waals surface area contributed by atoms with E-state index in [1.165, 1.54) is 0 Å². The van der Waals surface area contributed by atoms with E-state index in [0.717, 1.165) is 60.3 Å². The molecule has 2 amide bonds. The van der Waals surface area contributed by atoms with E-state index in [0.29, 0.717) is 35.0 Å². The first-order valence-electron chi connectivity index (χ1n) is 15.9. The molecule has 0 radical (unpaired) electrons. The fraction of sp³-hybridized carbons (Fsp3) is 0.444. The molecule has 0 spiro atoms. The number of anilines is 2. The Morgan fingerprint density at radius 2 is 1.71 bits per heavy atom. The average molecular weight is 633 g/mol. The molecule has 1 atom stereocenters. The van der Waals surface area contributed by atoms with Crippen molar-refractivity contribution >= 4 is 34.8 Å². The Hall–Kier alpha value is -3.75. The van der Waals surface area contributed by atoms with Gasteiger partial charge in [0, 0.05) is 43.1 Å². The number of methoxy groups -OCH3 is 1. The van der Waals surface area contributed by atoms with Crippen LogP contribution in [0.5, 0.6) is 11.5 Å². The zero-order valence-electron chi connectivity index (χ0n) is 26.9. The van der Waals surface area contributed by atoms with E-state index in [1.54, 1.807) is 14.2 Å². The van der Waals surface area contributed by atoms with Crippen LogP contribution in [0.15, 0.2) is 60.7 Å². The fourth-order valence-corrected chi connectivity index (χ4v) is 6.69. The molecule has 0 aromatic heterocycles. The third-order valence-corrected chi connectivity index (χ3v) is 9.17. The SMILES string of the molecule is CNC(=O)CNC1CCC(CN(C)c2ccc(N3C(=O)Cc4cc(OC)c(OC(C)C)cc4[C@@H]3c3ccc(Cl)cc3)cc2)CC1. The van der Waals surface area contributed by atoms with Crippen molar-refractivity contribution in [3.63, 3.8) is 0 Å². The van der Waals surface area contributed by atoms with E-state index in [1.807, 2.05) is 67.3 Å². The molecule has 2 aliphatic rings. The summed E-state index contributed by atoms with van der Waals surface area (Å²) in [6.45, 7) is 5.32. The molecule has 1 fully saturated rings. The Morgan fingerprint density at radius 1 is 1.02 bits per heavy atom. The van der Waals surface area contributed by atoms with Crippen LogP contribution < -0.4 is 29.9 Å². The number of benzene rings is 3. The molecule has 45 heavy (non-hydrogen) atoms. The van der Waals surface area contributed by atoms with E-state index in [9.17, 15) is 9.59 Å². The largest absolute Gasteiger partial charge is 0.493 e. The monoisotopic (exact) mass is 632 g/mol. The third kappa shape index (κ3) is 7.74. The van der Waals surface area contributed by atoms with Gasteiger partial charge in [-0.1, -0.05) is 23.7 Å². The van der Waals surface area contributed by atoms with Gasteiger partial charge >= 0.3 is 0 Å². The molecule has 1 aliphatic heterocycles. The van der Waals surface area contributed by atoms with Crippen molar-refractivity contribution in [2.75, 3.05) is 44.1 Å². The summed E-state index contributed by atoms with van der Waals surface area (Å²) < 4.78 is 11.8. The minimum absolute atomic E-state index is 0.0184. The third-order valence-electron chi connectivity index (χ3n) is 8.91. The van der Waals surface area contributed by atoms with Gasteiger partial charge in [-0.05, 0) is 111 Å². The minimum Gasteiger partial charge on any atom is -0.493 e. The van der Waals surface area contributed by atoms with Crippen molar-refractivity contribution in [2.24, 2.45) is 5.92 Å². The lowest BCUT2D eigenvalue weighted by Gasteiger charge is -2.38. The number of carbonyl (C=O) groups excluding carboxylic acids is 2. The van der Waals surface area contributed by atoms with Crippen LogP contribution in [-0.2, 0) is 16.0 Å². The number of nitrogens with zero attached hydrogens (tertiary/aromatic N) is 2. The van der Waals surface area contributed by atoms with Crippen LogP contribution in [0.25, 0.3) is 0 Å². The Labute approximate surface area is 272 Å². The summed E-state index contributed by atoms with van der Waals surface area (Å²) in [5, 5.41) is 6.70. The predicted molar refractivity (Wildman–Crippen MR) is 181 cm³/mol. The van der Waals surface area contributed by atoms with E-state index in [4.69, 9.17) is 21.1 Å². The van der Waals surface area contributed by atoms with Crippen molar-refractivity contribution < 1.29 is 19.1 Å². The van der Waals surface area contributed by atoms with Crippen LogP contribution in [0, 0.1) is 5.92 Å². The summed E-state index contributed by atoms with van der Waals surface area (Å²) in [4.78, 5) is 29.6. The highest BCUT2D eigenvalue weighted by Gasteiger charge is 2.36. The lowest BCUT2D eigenvalue weighted by atomic mass is 9.85. The van der Waals surface area contributed by atoms with Crippen LogP contribution in [0.2, 0.25) is 5.02 Å². The fourth-order valence-electron chi connectivity index (χ4n) is 6.56. The smallest absolute Gasteiger partial charge is 0.233 e. The molecular formula is C36H45ClN4O4. The Balaban J connectivity index is 1.36. The Morgan fingerprint density at radius 3 is 2.33 bits per heavy atom. The van der Waals surface area contributed by atoms with Gasteiger partial charge in [-0.15, -0.1) is 0 Å². The standard InChI is InChI=1S/C36H45ClN4O4/c1-23(2)45-33-20-31-26(18-32(33)44-5)19-35(43)41(36(31)25-8-10-27(37)11-9-25)30-16-14-29(15-17-30)40(4)22-24-6-12-28(13-7-24)39-21-34(42)38-3/h8-11,14-18,20,23-24,28,36,39H,6-7,12-13,19,21-22H2,1-5H3,(H,38,42)/t24?,28?,36-/m0/s1. The average Bonchev–Trinajstić information content (AvgIpc) is 3.04. The maximum atomic E-state index is 13.9. The van der Waals surface area contributed by atoms with Crippen LogP contribution in [0.3, 0.4) is 0 Å². The number of halogens is 1. The topological polar surface area (TPSA) is 83.1 Å².